The second-order valence-corrected chi connectivity index (χ2v) is 6.77. The molecule has 0 amide bonds. The molecule has 112 valence electrons. The van der Waals surface area contributed by atoms with E-state index in [2.05, 4.69) is 4.98 Å². The van der Waals surface area contributed by atoms with Crippen LogP contribution in [0.25, 0.3) is 17.0 Å². The van der Waals surface area contributed by atoms with Crippen molar-refractivity contribution in [3.63, 3.8) is 0 Å². The first-order valence-electron chi connectivity index (χ1n) is 6.88. The molecule has 1 aromatic heterocycles. The molecule has 2 aromatic carbocycles. The highest BCUT2D eigenvalue weighted by molar-refractivity contribution is 7.95. The standard InChI is InChI=1S/C18H12N2O2S/c19-13-16(23(21,22)15-6-2-1-3-7-15)12-14-10-11-20-18-9-5-4-8-17(14)18/h1-12H. The van der Waals surface area contributed by atoms with Gasteiger partial charge < -0.3 is 0 Å². The first-order chi connectivity index (χ1) is 11.1. The summed E-state index contributed by atoms with van der Waals surface area (Å²) in [6.45, 7) is 0. The normalized spacial score (nSPS) is 12.0. The summed E-state index contributed by atoms with van der Waals surface area (Å²) in [6, 6.07) is 18.8. The smallest absolute Gasteiger partial charge is 0.216 e. The lowest BCUT2D eigenvalue weighted by Gasteiger charge is -2.05. The summed E-state index contributed by atoms with van der Waals surface area (Å²) in [5, 5.41) is 10.1. The second-order valence-electron chi connectivity index (χ2n) is 4.85. The van der Waals surface area contributed by atoms with Crippen LogP contribution in [-0.2, 0) is 9.84 Å². The van der Waals surface area contributed by atoms with Crippen molar-refractivity contribution < 1.29 is 8.42 Å². The summed E-state index contributed by atoms with van der Waals surface area (Å²) in [6.07, 6.45) is 2.99. The Kier molecular flexibility index (Phi) is 3.92. The lowest BCUT2D eigenvalue weighted by molar-refractivity contribution is 0.603. The molecule has 0 aliphatic carbocycles. The summed E-state index contributed by atoms with van der Waals surface area (Å²) in [7, 11) is -3.84. The zero-order chi connectivity index (χ0) is 16.3. The molecule has 0 radical (unpaired) electrons. The summed E-state index contributed by atoms with van der Waals surface area (Å²) in [4.78, 5) is 4.05. The summed E-state index contributed by atoms with van der Waals surface area (Å²) in [5.74, 6) is 0. The maximum atomic E-state index is 12.6. The third-order valence-electron chi connectivity index (χ3n) is 3.42. The van der Waals surface area contributed by atoms with E-state index in [1.54, 1.807) is 36.5 Å². The monoisotopic (exact) mass is 320 g/mol. The van der Waals surface area contributed by atoms with Crippen LogP contribution in [0, 0.1) is 11.3 Å². The molecule has 23 heavy (non-hydrogen) atoms. The van der Waals surface area contributed by atoms with Crippen molar-refractivity contribution in [1.82, 2.24) is 4.98 Å². The Labute approximate surface area is 134 Å². The highest BCUT2D eigenvalue weighted by Gasteiger charge is 2.20. The molecule has 4 nitrogen and oxygen atoms in total. The summed E-state index contributed by atoms with van der Waals surface area (Å²) in [5.41, 5.74) is 1.39. The van der Waals surface area contributed by atoms with Crippen molar-refractivity contribution in [2.75, 3.05) is 0 Å². The lowest BCUT2D eigenvalue weighted by atomic mass is 10.1. The van der Waals surface area contributed by atoms with E-state index in [0.717, 1.165) is 10.9 Å². The Morgan fingerprint density at radius 1 is 1.00 bits per heavy atom. The van der Waals surface area contributed by atoms with E-state index in [1.807, 2.05) is 24.3 Å². The molecular weight excluding hydrogens is 308 g/mol. The Balaban J connectivity index is 2.18. The van der Waals surface area contributed by atoms with Gasteiger partial charge in [0.1, 0.15) is 11.0 Å². The van der Waals surface area contributed by atoms with E-state index >= 15 is 0 Å². The fourth-order valence-corrected chi connectivity index (χ4v) is 3.45. The predicted molar refractivity (Wildman–Crippen MR) is 89.0 cm³/mol. The molecule has 0 saturated carbocycles. The van der Waals surface area contributed by atoms with E-state index < -0.39 is 9.84 Å². The average molecular weight is 320 g/mol. The minimum Gasteiger partial charge on any atom is -0.256 e. The third kappa shape index (κ3) is 2.85. The van der Waals surface area contributed by atoms with Crippen molar-refractivity contribution in [3.8, 4) is 6.07 Å². The zero-order valence-electron chi connectivity index (χ0n) is 12.0. The molecular formula is C18H12N2O2S. The molecule has 0 saturated heterocycles. The molecule has 1 heterocycles. The maximum Gasteiger partial charge on any atom is 0.216 e. The van der Waals surface area contributed by atoms with Gasteiger partial charge in [0, 0.05) is 11.6 Å². The Morgan fingerprint density at radius 2 is 1.70 bits per heavy atom. The molecule has 0 spiro atoms. The highest BCUT2D eigenvalue weighted by atomic mass is 32.2. The Morgan fingerprint density at radius 3 is 2.43 bits per heavy atom. The number of nitrogens with zero attached hydrogens (tertiary/aromatic N) is 2. The number of para-hydroxylation sites is 1. The number of allylic oxidation sites excluding steroid dienone is 1. The number of hydrogen-bond donors (Lipinski definition) is 0. The number of fused-ring (bicyclic) bond motifs is 1. The van der Waals surface area contributed by atoms with Crippen LogP contribution in [0.3, 0.4) is 0 Å². The van der Waals surface area contributed by atoms with E-state index in [1.165, 1.54) is 18.2 Å². The highest BCUT2D eigenvalue weighted by Crippen LogP contribution is 2.24. The minimum atomic E-state index is -3.84. The third-order valence-corrected chi connectivity index (χ3v) is 5.10. The SMILES string of the molecule is N#CC(=Cc1ccnc2ccccc12)S(=O)(=O)c1ccccc1. The van der Waals surface area contributed by atoms with Crippen LogP contribution in [-0.4, -0.2) is 13.4 Å². The van der Waals surface area contributed by atoms with Crippen molar-refractivity contribution in [2.45, 2.75) is 4.90 Å². The largest absolute Gasteiger partial charge is 0.256 e. The van der Waals surface area contributed by atoms with Crippen molar-refractivity contribution in [2.24, 2.45) is 0 Å². The number of pyridine rings is 1. The van der Waals surface area contributed by atoms with Gasteiger partial charge in [-0.3, -0.25) is 4.98 Å². The first kappa shape index (κ1) is 14.9. The van der Waals surface area contributed by atoms with Crippen LogP contribution in [0.15, 0.2) is 76.7 Å². The van der Waals surface area contributed by atoms with Gasteiger partial charge in [0.25, 0.3) is 0 Å². The number of aromatic nitrogens is 1. The fraction of sp³-hybridized carbons (Fsp3) is 0. The van der Waals surface area contributed by atoms with Crippen molar-refractivity contribution in [1.29, 1.82) is 5.26 Å². The van der Waals surface area contributed by atoms with Crippen LogP contribution in [0.4, 0.5) is 0 Å². The quantitative estimate of drug-likeness (QED) is 0.692. The molecule has 0 unspecified atom stereocenters. The molecule has 0 aliphatic heterocycles. The van der Waals surface area contributed by atoms with Crippen molar-refractivity contribution >= 4 is 26.8 Å². The zero-order valence-corrected chi connectivity index (χ0v) is 12.9. The molecule has 0 atom stereocenters. The second kappa shape index (κ2) is 6.03. The van der Waals surface area contributed by atoms with Crippen LogP contribution in [0.5, 0.6) is 0 Å². The van der Waals surface area contributed by atoms with Gasteiger partial charge in [-0.2, -0.15) is 5.26 Å². The number of rotatable bonds is 3. The fourth-order valence-electron chi connectivity index (χ4n) is 2.28. The van der Waals surface area contributed by atoms with Crippen LogP contribution in [0.1, 0.15) is 5.56 Å². The van der Waals surface area contributed by atoms with E-state index in [4.69, 9.17) is 0 Å². The van der Waals surface area contributed by atoms with E-state index in [-0.39, 0.29) is 9.80 Å². The number of benzene rings is 2. The molecule has 3 rings (SSSR count). The van der Waals surface area contributed by atoms with E-state index in [0.29, 0.717) is 5.56 Å². The van der Waals surface area contributed by atoms with Crippen LogP contribution < -0.4 is 0 Å². The molecule has 0 fully saturated rings. The van der Waals surface area contributed by atoms with E-state index in [9.17, 15) is 13.7 Å². The van der Waals surface area contributed by atoms with Crippen LogP contribution in [0.2, 0.25) is 0 Å². The summed E-state index contributed by atoms with van der Waals surface area (Å²) < 4.78 is 25.2. The van der Waals surface area contributed by atoms with Crippen LogP contribution >= 0.6 is 0 Å². The van der Waals surface area contributed by atoms with Gasteiger partial charge in [0.15, 0.2) is 0 Å². The van der Waals surface area contributed by atoms with Crippen molar-refractivity contribution in [3.05, 3.63) is 77.3 Å². The molecule has 0 N–H and O–H groups in total. The molecule has 0 aliphatic rings. The lowest BCUT2D eigenvalue weighted by Crippen LogP contribution is -2.03. The molecule has 5 heteroatoms. The Hall–Kier alpha value is -2.97. The van der Waals surface area contributed by atoms with Gasteiger partial charge in [-0.05, 0) is 35.9 Å². The molecule has 3 aromatic rings. The average Bonchev–Trinajstić information content (AvgIpc) is 2.60. The van der Waals surface area contributed by atoms with Gasteiger partial charge >= 0.3 is 0 Å². The molecule has 0 bridgehead atoms. The maximum absolute atomic E-state index is 12.6. The number of sulfone groups is 1. The number of nitriles is 1. The topological polar surface area (TPSA) is 70.8 Å². The van der Waals surface area contributed by atoms with Gasteiger partial charge in [-0.1, -0.05) is 36.4 Å². The minimum absolute atomic E-state index is 0.103. The van der Waals surface area contributed by atoms with Gasteiger partial charge in [-0.25, -0.2) is 8.42 Å². The van der Waals surface area contributed by atoms with Gasteiger partial charge in [0.05, 0.1) is 10.4 Å². The Bertz CT molecular complexity index is 1030. The van der Waals surface area contributed by atoms with Gasteiger partial charge in [0.2, 0.25) is 9.84 Å². The summed E-state index contributed by atoms with van der Waals surface area (Å²) >= 11 is 0. The first-order valence-corrected chi connectivity index (χ1v) is 8.37. The van der Waals surface area contributed by atoms with Gasteiger partial charge in [-0.15, -0.1) is 0 Å². The number of hydrogen-bond acceptors (Lipinski definition) is 4. The predicted octanol–water partition coefficient (Wildman–Crippen LogP) is 3.57.